The first kappa shape index (κ1) is 13.4. The van der Waals surface area contributed by atoms with Crippen LogP contribution in [-0.2, 0) is 11.3 Å². The van der Waals surface area contributed by atoms with E-state index in [0.29, 0.717) is 16.4 Å². The summed E-state index contributed by atoms with van der Waals surface area (Å²) >= 11 is 5.84. The fourth-order valence-corrected chi connectivity index (χ4v) is 1.69. The van der Waals surface area contributed by atoms with E-state index >= 15 is 0 Å². The highest BCUT2D eigenvalue weighted by Crippen LogP contribution is 2.16. The normalized spacial score (nSPS) is 10.5. The molecule has 0 unspecified atom stereocenters. The van der Waals surface area contributed by atoms with Crippen LogP contribution in [0.2, 0.25) is 5.02 Å². The van der Waals surface area contributed by atoms with Crippen LogP contribution in [0.15, 0.2) is 24.4 Å². The van der Waals surface area contributed by atoms with Gasteiger partial charge in [-0.3, -0.25) is 9.48 Å². The Morgan fingerprint density at radius 3 is 2.89 bits per heavy atom. The fraction of sp³-hybridized carbons (Fsp3) is 0.167. The van der Waals surface area contributed by atoms with Gasteiger partial charge in [-0.1, -0.05) is 11.6 Å². The van der Waals surface area contributed by atoms with E-state index in [-0.39, 0.29) is 18.1 Å². The maximum Gasteiger partial charge on any atom is 0.246 e. The van der Waals surface area contributed by atoms with Crippen LogP contribution in [-0.4, -0.2) is 15.7 Å². The average Bonchev–Trinajstić information content (AvgIpc) is 2.63. The molecule has 0 atom stereocenters. The molecule has 0 saturated heterocycles. The number of nitrogens with two attached hydrogens (primary N) is 1. The van der Waals surface area contributed by atoms with Crippen LogP contribution in [0.4, 0.5) is 15.8 Å². The van der Waals surface area contributed by atoms with Crippen LogP contribution in [0.5, 0.6) is 0 Å². The Balaban J connectivity index is 2.03. The van der Waals surface area contributed by atoms with Crippen LogP contribution in [0.3, 0.4) is 0 Å². The molecule has 1 amide bonds. The quantitative estimate of drug-likeness (QED) is 0.848. The fourth-order valence-electron chi connectivity index (χ4n) is 1.54. The summed E-state index contributed by atoms with van der Waals surface area (Å²) in [6.45, 7) is 1.77. The number of carbonyl (C=O) groups excluding carboxylic acids is 1. The van der Waals surface area contributed by atoms with E-state index < -0.39 is 5.82 Å². The standard InChI is InChI=1S/C12H12ClFN4O/c1-7-9(13)5-18(17-7)6-12(19)16-8-2-3-10(14)11(15)4-8/h2-5H,6,15H2,1H3,(H,16,19). The molecule has 0 spiro atoms. The van der Waals surface area contributed by atoms with Gasteiger partial charge in [0, 0.05) is 11.9 Å². The van der Waals surface area contributed by atoms with Gasteiger partial charge in [-0.25, -0.2) is 4.39 Å². The van der Waals surface area contributed by atoms with Gasteiger partial charge >= 0.3 is 0 Å². The van der Waals surface area contributed by atoms with Gasteiger partial charge in [-0.05, 0) is 25.1 Å². The molecule has 0 aliphatic rings. The summed E-state index contributed by atoms with van der Waals surface area (Å²) in [6, 6.07) is 3.99. The number of hydrogen-bond acceptors (Lipinski definition) is 3. The lowest BCUT2D eigenvalue weighted by atomic mass is 10.2. The number of anilines is 2. The minimum Gasteiger partial charge on any atom is -0.396 e. The average molecular weight is 283 g/mol. The van der Waals surface area contributed by atoms with E-state index in [0.717, 1.165) is 0 Å². The third-order valence-corrected chi connectivity index (χ3v) is 2.84. The van der Waals surface area contributed by atoms with Crippen molar-refractivity contribution in [2.75, 3.05) is 11.1 Å². The Hall–Kier alpha value is -2.08. The Bertz CT molecular complexity index is 607. The lowest BCUT2D eigenvalue weighted by Crippen LogP contribution is -2.19. The molecule has 3 N–H and O–H groups in total. The van der Waals surface area contributed by atoms with Crippen molar-refractivity contribution in [3.05, 3.63) is 40.9 Å². The van der Waals surface area contributed by atoms with Gasteiger partial charge < -0.3 is 11.1 Å². The van der Waals surface area contributed by atoms with E-state index in [1.54, 1.807) is 13.1 Å². The van der Waals surface area contributed by atoms with Crippen molar-refractivity contribution in [3.63, 3.8) is 0 Å². The van der Waals surface area contributed by atoms with Crippen molar-refractivity contribution in [1.29, 1.82) is 0 Å². The van der Waals surface area contributed by atoms with Crippen molar-refractivity contribution in [3.8, 4) is 0 Å². The summed E-state index contributed by atoms with van der Waals surface area (Å²) in [5, 5.41) is 7.16. The summed E-state index contributed by atoms with van der Waals surface area (Å²) < 4.78 is 14.4. The molecular weight excluding hydrogens is 271 g/mol. The molecule has 0 saturated carbocycles. The Labute approximate surface area is 114 Å². The molecule has 0 bridgehead atoms. The highest BCUT2D eigenvalue weighted by Gasteiger charge is 2.08. The van der Waals surface area contributed by atoms with Gasteiger partial charge in [-0.15, -0.1) is 0 Å². The number of rotatable bonds is 3. The first-order valence-electron chi connectivity index (χ1n) is 5.50. The lowest BCUT2D eigenvalue weighted by molar-refractivity contribution is -0.116. The van der Waals surface area contributed by atoms with Crippen LogP contribution in [0, 0.1) is 12.7 Å². The highest BCUT2D eigenvalue weighted by molar-refractivity contribution is 6.31. The predicted octanol–water partition coefficient (Wildman–Crippen LogP) is 2.20. The second-order valence-electron chi connectivity index (χ2n) is 4.04. The molecule has 100 valence electrons. The van der Waals surface area contributed by atoms with Crippen LogP contribution < -0.4 is 11.1 Å². The van der Waals surface area contributed by atoms with Crippen molar-refractivity contribution >= 4 is 28.9 Å². The molecular formula is C12H12ClFN4O. The summed E-state index contributed by atoms with van der Waals surface area (Å²) in [5.74, 6) is -0.822. The van der Waals surface area contributed by atoms with Gasteiger partial charge in [0.15, 0.2) is 0 Å². The summed E-state index contributed by atoms with van der Waals surface area (Å²) in [5.41, 5.74) is 6.48. The minimum atomic E-state index is -0.521. The van der Waals surface area contributed by atoms with E-state index in [1.807, 2.05) is 0 Å². The number of aromatic nitrogens is 2. The third kappa shape index (κ3) is 3.23. The summed E-state index contributed by atoms with van der Waals surface area (Å²) in [4.78, 5) is 11.7. The van der Waals surface area contributed by atoms with E-state index in [1.165, 1.54) is 22.9 Å². The number of hydrogen-bond donors (Lipinski definition) is 2. The number of carbonyl (C=O) groups is 1. The van der Waals surface area contributed by atoms with Gasteiger partial charge in [0.05, 0.1) is 16.4 Å². The van der Waals surface area contributed by atoms with Gasteiger partial charge in [-0.2, -0.15) is 5.10 Å². The Morgan fingerprint density at radius 1 is 1.58 bits per heavy atom. The predicted molar refractivity (Wildman–Crippen MR) is 71.4 cm³/mol. The number of halogens is 2. The molecule has 0 fully saturated rings. The molecule has 1 aromatic heterocycles. The van der Waals surface area contributed by atoms with Gasteiger partial charge in [0.2, 0.25) is 5.91 Å². The number of aryl methyl sites for hydroxylation is 1. The zero-order valence-electron chi connectivity index (χ0n) is 10.2. The largest absolute Gasteiger partial charge is 0.396 e. The number of amides is 1. The maximum atomic E-state index is 13.0. The number of benzene rings is 1. The smallest absolute Gasteiger partial charge is 0.246 e. The highest BCUT2D eigenvalue weighted by atomic mass is 35.5. The van der Waals surface area contributed by atoms with Gasteiger partial charge in [0.1, 0.15) is 12.4 Å². The third-order valence-electron chi connectivity index (χ3n) is 2.47. The Kier molecular flexibility index (Phi) is 3.71. The first-order valence-corrected chi connectivity index (χ1v) is 5.88. The minimum absolute atomic E-state index is 0.0178. The summed E-state index contributed by atoms with van der Waals surface area (Å²) in [7, 11) is 0. The van der Waals surface area contributed by atoms with Crippen molar-refractivity contribution < 1.29 is 9.18 Å². The van der Waals surface area contributed by atoms with Crippen LogP contribution in [0.1, 0.15) is 5.69 Å². The molecule has 2 rings (SSSR count). The van der Waals surface area contributed by atoms with Crippen LogP contribution in [0.25, 0.3) is 0 Å². The molecule has 7 heteroatoms. The van der Waals surface area contributed by atoms with E-state index in [4.69, 9.17) is 17.3 Å². The number of nitrogens with one attached hydrogen (secondary N) is 1. The number of nitrogens with zero attached hydrogens (tertiary/aromatic N) is 2. The van der Waals surface area contributed by atoms with E-state index in [9.17, 15) is 9.18 Å². The Morgan fingerprint density at radius 2 is 2.32 bits per heavy atom. The lowest BCUT2D eigenvalue weighted by Gasteiger charge is -2.06. The SMILES string of the molecule is Cc1nn(CC(=O)Nc2ccc(F)c(N)c2)cc1Cl. The zero-order chi connectivity index (χ0) is 14.0. The molecule has 0 aliphatic heterocycles. The zero-order valence-corrected chi connectivity index (χ0v) is 10.9. The molecule has 1 aromatic carbocycles. The molecule has 0 aliphatic carbocycles. The number of nitrogen functional groups attached to an aromatic ring is 1. The van der Waals surface area contributed by atoms with Gasteiger partial charge in [0.25, 0.3) is 0 Å². The molecule has 2 aromatic rings. The van der Waals surface area contributed by atoms with E-state index in [2.05, 4.69) is 10.4 Å². The topological polar surface area (TPSA) is 72.9 Å². The molecule has 5 nitrogen and oxygen atoms in total. The van der Waals surface area contributed by atoms with Crippen LogP contribution >= 0.6 is 11.6 Å². The monoisotopic (exact) mass is 282 g/mol. The second kappa shape index (κ2) is 5.27. The first-order chi connectivity index (χ1) is 8.95. The molecule has 1 heterocycles. The summed E-state index contributed by atoms with van der Waals surface area (Å²) in [6.07, 6.45) is 1.56. The molecule has 19 heavy (non-hydrogen) atoms. The van der Waals surface area contributed by atoms with Crippen molar-refractivity contribution in [2.24, 2.45) is 0 Å². The van der Waals surface area contributed by atoms with Crippen molar-refractivity contribution in [2.45, 2.75) is 13.5 Å². The maximum absolute atomic E-state index is 13.0. The molecule has 0 radical (unpaired) electrons. The van der Waals surface area contributed by atoms with Crippen molar-refractivity contribution in [1.82, 2.24) is 9.78 Å². The second-order valence-corrected chi connectivity index (χ2v) is 4.45.